The van der Waals surface area contributed by atoms with Gasteiger partial charge < -0.3 is 24.4 Å². The third kappa shape index (κ3) is 5.05. The number of aliphatic hydroxyl groups excluding tert-OH is 2. The van der Waals surface area contributed by atoms with E-state index in [0.29, 0.717) is 49.8 Å². The molecule has 180 valence electrons. The minimum Gasteiger partial charge on any atom is -0.456 e. The van der Waals surface area contributed by atoms with Crippen LogP contribution in [0, 0.1) is 11.3 Å². The van der Waals surface area contributed by atoms with Gasteiger partial charge in [-0.2, -0.15) is 5.26 Å². The molecule has 3 aliphatic heterocycles. The highest BCUT2D eigenvalue weighted by molar-refractivity contribution is 5.79. The molecule has 3 aliphatic rings. The molecule has 0 saturated carbocycles. The van der Waals surface area contributed by atoms with E-state index in [-0.39, 0.29) is 18.9 Å². The Balaban J connectivity index is 1.57. The smallest absolute Gasteiger partial charge is 0.237 e. The molecule has 6 rings (SSSR count). The van der Waals surface area contributed by atoms with Gasteiger partial charge in [-0.1, -0.05) is 12.1 Å². The summed E-state index contributed by atoms with van der Waals surface area (Å²) in [6.45, 7) is 2.85. The molecule has 35 heavy (non-hydrogen) atoms. The largest absolute Gasteiger partial charge is 0.456 e. The Morgan fingerprint density at radius 3 is 2.80 bits per heavy atom. The van der Waals surface area contributed by atoms with Crippen molar-refractivity contribution in [3.8, 4) is 17.6 Å². The molecular weight excluding hydrogens is 446 g/mol. The minimum atomic E-state index is -0.891. The van der Waals surface area contributed by atoms with Crippen molar-refractivity contribution in [1.29, 1.82) is 5.26 Å². The van der Waals surface area contributed by atoms with Gasteiger partial charge in [-0.3, -0.25) is 9.69 Å². The summed E-state index contributed by atoms with van der Waals surface area (Å²) in [5.74, 6) is 1.03. The number of rotatable bonds is 3. The van der Waals surface area contributed by atoms with Gasteiger partial charge in [-0.15, -0.1) is 0 Å². The quantitative estimate of drug-likeness (QED) is 0.594. The maximum absolute atomic E-state index is 13.0. The van der Waals surface area contributed by atoms with Crippen molar-refractivity contribution >= 4 is 5.91 Å². The summed E-state index contributed by atoms with van der Waals surface area (Å²) in [5, 5.41) is 29.0. The zero-order chi connectivity index (χ0) is 24.4. The van der Waals surface area contributed by atoms with Crippen LogP contribution in [0.25, 0.3) is 0 Å². The van der Waals surface area contributed by atoms with Crippen LogP contribution in [0.4, 0.5) is 0 Å². The number of piperazine rings is 1. The Hall–Kier alpha value is -3.71. The zero-order valence-electron chi connectivity index (χ0n) is 19.3. The number of carbonyl (C=O) groups excluding carboxylic acids is 1. The van der Waals surface area contributed by atoms with Crippen LogP contribution in [-0.2, 0) is 30.8 Å². The summed E-state index contributed by atoms with van der Waals surface area (Å²) in [4.78, 5) is 21.3. The molecule has 1 aromatic heterocycles. The van der Waals surface area contributed by atoms with Gasteiger partial charge in [0.05, 0.1) is 36.8 Å². The average molecular weight is 474 g/mol. The molecule has 0 aliphatic carbocycles. The van der Waals surface area contributed by atoms with Crippen molar-refractivity contribution in [2.75, 3.05) is 26.2 Å². The van der Waals surface area contributed by atoms with Crippen LogP contribution in [0.2, 0.25) is 0 Å². The standard InChI is InChI=1S/C26H27N5O4/c27-10-20-2-1-18-7-25(20)35-24-4-3-19(8-23(33)16-32)21(9-24)13-30-6-5-29(15-26(30)34)14-22-11-28-17-31(22)12-18/h1-4,7,9,11,17,23,32-33H,5-6,8,12-16H2/t23-/m0/s1. The molecular formula is C26H27N5O4. The minimum absolute atomic E-state index is 0.0337. The Morgan fingerprint density at radius 1 is 1.11 bits per heavy atom. The highest BCUT2D eigenvalue weighted by Gasteiger charge is 2.26. The first kappa shape index (κ1) is 23.1. The fraction of sp³-hybridized carbons (Fsp3) is 0.346. The average Bonchev–Trinajstić information content (AvgIpc) is 3.28. The summed E-state index contributed by atoms with van der Waals surface area (Å²) in [6, 6.07) is 13.2. The van der Waals surface area contributed by atoms with Gasteiger partial charge in [0, 0.05) is 45.3 Å². The van der Waals surface area contributed by atoms with Crippen molar-refractivity contribution in [1.82, 2.24) is 19.4 Å². The molecule has 0 spiro atoms. The molecule has 9 heteroatoms. The summed E-state index contributed by atoms with van der Waals surface area (Å²) in [7, 11) is 0. The lowest BCUT2D eigenvalue weighted by Crippen LogP contribution is -2.49. The van der Waals surface area contributed by atoms with E-state index in [1.807, 2.05) is 39.9 Å². The second kappa shape index (κ2) is 9.88. The number of fused-ring (bicyclic) bond motifs is 2. The summed E-state index contributed by atoms with van der Waals surface area (Å²) >= 11 is 0. The molecule has 1 fully saturated rings. The monoisotopic (exact) mass is 473 g/mol. The lowest BCUT2D eigenvalue weighted by atomic mass is 10.00. The normalized spacial score (nSPS) is 18.5. The number of aliphatic hydroxyl groups is 2. The molecule has 3 aromatic rings. The van der Waals surface area contributed by atoms with Crippen LogP contribution in [0.1, 0.15) is 27.9 Å². The van der Waals surface area contributed by atoms with Gasteiger partial charge in [0.1, 0.15) is 17.6 Å². The molecule has 1 unspecified atom stereocenters. The molecule has 2 atom stereocenters. The van der Waals surface area contributed by atoms with Gasteiger partial charge in [0.25, 0.3) is 0 Å². The van der Waals surface area contributed by atoms with Crippen LogP contribution in [0.15, 0.2) is 48.9 Å². The lowest BCUT2D eigenvalue weighted by molar-refractivity contribution is -0.136. The topological polar surface area (TPSA) is 115 Å². The second-order valence-corrected chi connectivity index (χ2v) is 9.05. The Labute approximate surface area is 203 Å². The number of benzene rings is 2. The van der Waals surface area contributed by atoms with E-state index in [0.717, 1.165) is 28.9 Å². The third-order valence-electron chi connectivity index (χ3n) is 6.53. The van der Waals surface area contributed by atoms with Gasteiger partial charge in [-0.25, -0.2) is 4.98 Å². The fourth-order valence-electron chi connectivity index (χ4n) is 4.61. The Kier molecular flexibility index (Phi) is 6.51. The summed E-state index contributed by atoms with van der Waals surface area (Å²) in [5.41, 5.74) is 4.08. The van der Waals surface area contributed by atoms with Crippen LogP contribution in [0.3, 0.4) is 0 Å². The van der Waals surface area contributed by atoms with E-state index >= 15 is 0 Å². The summed E-state index contributed by atoms with van der Waals surface area (Å²) in [6.07, 6.45) is 2.98. The van der Waals surface area contributed by atoms with E-state index in [2.05, 4.69) is 16.0 Å². The highest BCUT2D eigenvalue weighted by atomic mass is 16.5. The van der Waals surface area contributed by atoms with Crippen molar-refractivity contribution in [2.45, 2.75) is 32.2 Å². The van der Waals surface area contributed by atoms with Gasteiger partial charge >= 0.3 is 0 Å². The maximum Gasteiger partial charge on any atom is 0.237 e. The third-order valence-corrected chi connectivity index (χ3v) is 6.53. The first-order chi connectivity index (χ1) is 17.0. The van der Waals surface area contributed by atoms with E-state index in [9.17, 15) is 20.3 Å². The molecule has 1 saturated heterocycles. The Bertz CT molecular complexity index is 1280. The van der Waals surface area contributed by atoms with E-state index in [1.165, 1.54) is 0 Å². The number of hydrogen-bond acceptors (Lipinski definition) is 7. The number of nitrogens with zero attached hydrogens (tertiary/aromatic N) is 5. The lowest BCUT2D eigenvalue weighted by Gasteiger charge is -2.35. The fourth-order valence-corrected chi connectivity index (χ4v) is 4.61. The number of carbonyl (C=O) groups is 1. The number of aromatic nitrogens is 2. The van der Waals surface area contributed by atoms with E-state index in [4.69, 9.17) is 4.74 Å². The van der Waals surface area contributed by atoms with Gasteiger partial charge in [-0.05, 0) is 41.0 Å². The molecule has 4 heterocycles. The van der Waals surface area contributed by atoms with Crippen LogP contribution in [-0.4, -0.2) is 67.8 Å². The second-order valence-electron chi connectivity index (χ2n) is 9.05. The maximum atomic E-state index is 13.0. The van der Waals surface area contributed by atoms with Gasteiger partial charge in [0.2, 0.25) is 5.91 Å². The van der Waals surface area contributed by atoms with E-state index < -0.39 is 6.10 Å². The first-order valence-electron chi connectivity index (χ1n) is 11.6. The van der Waals surface area contributed by atoms with Crippen LogP contribution >= 0.6 is 0 Å². The molecule has 0 radical (unpaired) electrons. The van der Waals surface area contributed by atoms with Gasteiger partial charge in [0.15, 0.2) is 0 Å². The number of imidazole rings is 1. The predicted molar refractivity (Wildman–Crippen MR) is 126 cm³/mol. The molecule has 1 amide bonds. The zero-order valence-corrected chi connectivity index (χ0v) is 19.3. The number of nitriles is 1. The van der Waals surface area contributed by atoms with Crippen LogP contribution in [0.5, 0.6) is 11.5 Å². The number of hydrogen-bond donors (Lipinski definition) is 2. The first-order valence-corrected chi connectivity index (χ1v) is 11.6. The van der Waals surface area contributed by atoms with Crippen LogP contribution < -0.4 is 4.74 Å². The predicted octanol–water partition coefficient (Wildman–Crippen LogP) is 1.65. The summed E-state index contributed by atoms with van der Waals surface area (Å²) < 4.78 is 8.22. The molecule has 2 aromatic carbocycles. The van der Waals surface area contributed by atoms with Crippen molar-refractivity contribution in [3.63, 3.8) is 0 Å². The highest BCUT2D eigenvalue weighted by Crippen LogP contribution is 2.30. The van der Waals surface area contributed by atoms with Crippen molar-refractivity contribution in [2.24, 2.45) is 0 Å². The SMILES string of the molecule is N#Cc1ccc2cc1Oc1ccc(C[C@H](O)CO)c(c1)CN1CCN(CC1=O)Cc1cncn1C2. The number of amides is 1. The van der Waals surface area contributed by atoms with E-state index in [1.54, 1.807) is 18.5 Å². The Morgan fingerprint density at radius 2 is 2.00 bits per heavy atom. The van der Waals surface area contributed by atoms with Crippen molar-refractivity contribution < 1.29 is 19.7 Å². The molecule has 2 N–H and O–H groups in total. The molecule has 6 bridgehead atoms. The van der Waals surface area contributed by atoms with Crippen molar-refractivity contribution in [3.05, 3.63) is 76.9 Å². The molecule has 9 nitrogen and oxygen atoms in total. The number of ether oxygens (including phenoxy) is 1.